The Hall–Kier alpha value is -1.38. The van der Waals surface area contributed by atoms with Crippen molar-refractivity contribution in [2.45, 2.75) is 39.3 Å². The average Bonchev–Trinajstić information content (AvgIpc) is 2.17. The Morgan fingerprint density at radius 3 is 2.69 bits per heavy atom. The fourth-order valence-corrected chi connectivity index (χ4v) is 2.25. The largest absolute Gasteiger partial charge is 0.506 e. The summed E-state index contributed by atoms with van der Waals surface area (Å²) in [6.45, 7) is 9.60. The highest BCUT2D eigenvalue weighted by Gasteiger charge is 2.31. The molecule has 2 N–H and O–H groups in total. The first kappa shape index (κ1) is 11.1. The van der Waals surface area contributed by atoms with Crippen molar-refractivity contribution < 1.29 is 5.11 Å². The number of benzene rings is 1. The van der Waals surface area contributed by atoms with Gasteiger partial charge in [-0.15, -0.1) is 0 Å². The van der Waals surface area contributed by atoms with E-state index < -0.39 is 0 Å². The van der Waals surface area contributed by atoms with Gasteiger partial charge in [-0.1, -0.05) is 6.07 Å². The number of aromatic hydroxyl groups is 1. The number of nitrogens with zero attached hydrogens (tertiary/aromatic N) is 1. The van der Waals surface area contributed by atoms with E-state index in [9.17, 15) is 5.11 Å². The number of para-hydroxylation sites is 1. The molecule has 0 fully saturated rings. The third kappa shape index (κ3) is 1.82. The van der Waals surface area contributed by atoms with Crippen LogP contribution in [-0.2, 0) is 0 Å². The molecule has 0 aromatic heterocycles. The first-order valence-corrected chi connectivity index (χ1v) is 5.77. The van der Waals surface area contributed by atoms with Gasteiger partial charge in [-0.25, -0.2) is 0 Å². The topological polar surface area (TPSA) is 35.5 Å². The van der Waals surface area contributed by atoms with Gasteiger partial charge in [0.25, 0.3) is 0 Å². The number of rotatable bonds is 1. The fraction of sp³-hybridized carbons (Fsp3) is 0.538. The van der Waals surface area contributed by atoms with Crippen molar-refractivity contribution in [1.29, 1.82) is 0 Å². The Balaban J connectivity index is 2.51. The maximum absolute atomic E-state index is 9.90. The predicted octanol–water partition coefficient (Wildman–Crippen LogP) is 2.81. The van der Waals surface area contributed by atoms with Crippen LogP contribution in [0.15, 0.2) is 18.2 Å². The fourth-order valence-electron chi connectivity index (χ4n) is 2.25. The van der Waals surface area contributed by atoms with Gasteiger partial charge >= 0.3 is 0 Å². The van der Waals surface area contributed by atoms with Crippen LogP contribution in [0.5, 0.6) is 5.75 Å². The van der Waals surface area contributed by atoms with E-state index in [-0.39, 0.29) is 5.54 Å². The smallest absolute Gasteiger partial charge is 0.140 e. The van der Waals surface area contributed by atoms with Crippen molar-refractivity contribution in [2.24, 2.45) is 0 Å². The lowest BCUT2D eigenvalue weighted by atomic mass is 9.98. The molecule has 88 valence electrons. The Bertz CT molecular complexity index is 399. The minimum atomic E-state index is -0.0178. The lowest BCUT2D eigenvalue weighted by Gasteiger charge is -2.44. The van der Waals surface area contributed by atoms with Gasteiger partial charge in [-0.05, 0) is 39.8 Å². The van der Waals surface area contributed by atoms with Crippen molar-refractivity contribution in [3.05, 3.63) is 18.2 Å². The van der Waals surface area contributed by atoms with E-state index in [1.54, 1.807) is 6.07 Å². The van der Waals surface area contributed by atoms with Crippen molar-refractivity contribution in [3.63, 3.8) is 0 Å². The monoisotopic (exact) mass is 220 g/mol. The van der Waals surface area contributed by atoms with E-state index in [1.165, 1.54) is 0 Å². The zero-order chi connectivity index (χ0) is 11.9. The summed E-state index contributed by atoms with van der Waals surface area (Å²) >= 11 is 0. The van der Waals surface area contributed by atoms with Gasteiger partial charge < -0.3 is 15.3 Å². The number of hydrogen-bond acceptors (Lipinski definition) is 3. The normalized spacial score (nSPS) is 18.2. The molecule has 1 aromatic rings. The summed E-state index contributed by atoms with van der Waals surface area (Å²) in [7, 11) is 0. The summed E-state index contributed by atoms with van der Waals surface area (Å²) in [6.07, 6.45) is 0. The van der Waals surface area contributed by atoms with Crippen LogP contribution < -0.4 is 10.2 Å². The summed E-state index contributed by atoms with van der Waals surface area (Å²) in [5.41, 5.74) is 1.93. The molecular formula is C13H20N2O. The molecule has 3 nitrogen and oxygen atoms in total. The molecule has 0 amide bonds. The number of anilines is 2. The Morgan fingerprint density at radius 2 is 2.06 bits per heavy atom. The summed E-state index contributed by atoms with van der Waals surface area (Å²) < 4.78 is 0. The Kier molecular flexibility index (Phi) is 2.49. The average molecular weight is 220 g/mol. The van der Waals surface area contributed by atoms with Crippen LogP contribution in [0.3, 0.4) is 0 Å². The lowest BCUT2D eigenvalue weighted by molar-refractivity contribution is 0.461. The van der Waals surface area contributed by atoms with Crippen LogP contribution in [0.2, 0.25) is 0 Å². The standard InChI is InChI=1S/C13H20N2O/c1-9(2)15-8-13(3,4)14-12-10(15)6-5-7-11(12)16/h5-7,9,14,16H,8H2,1-4H3. The number of phenols is 1. The van der Waals surface area contributed by atoms with Crippen molar-refractivity contribution in [3.8, 4) is 5.75 Å². The zero-order valence-corrected chi connectivity index (χ0v) is 10.4. The van der Waals surface area contributed by atoms with Crippen molar-refractivity contribution in [2.75, 3.05) is 16.8 Å². The lowest BCUT2D eigenvalue weighted by Crippen LogP contribution is -2.50. The number of nitrogens with one attached hydrogen (secondary N) is 1. The quantitative estimate of drug-likeness (QED) is 0.714. The molecule has 0 bridgehead atoms. The first-order valence-electron chi connectivity index (χ1n) is 5.77. The van der Waals surface area contributed by atoms with Crippen LogP contribution in [0.1, 0.15) is 27.7 Å². The third-order valence-electron chi connectivity index (χ3n) is 2.98. The SMILES string of the molecule is CC(C)N1CC(C)(C)Nc2c(O)cccc21. The van der Waals surface area contributed by atoms with E-state index >= 15 is 0 Å². The molecule has 0 unspecified atom stereocenters. The van der Waals surface area contributed by atoms with Gasteiger partial charge in [0, 0.05) is 18.1 Å². The number of phenolic OH excluding ortho intramolecular Hbond substituents is 1. The molecule has 0 radical (unpaired) electrons. The number of hydrogen-bond donors (Lipinski definition) is 2. The van der Waals surface area contributed by atoms with Crippen molar-refractivity contribution in [1.82, 2.24) is 0 Å². The summed E-state index contributed by atoms with van der Waals surface area (Å²) in [5.74, 6) is 0.330. The molecule has 0 spiro atoms. The van der Waals surface area contributed by atoms with Crippen LogP contribution in [0.4, 0.5) is 11.4 Å². The molecule has 1 aromatic carbocycles. The zero-order valence-electron chi connectivity index (χ0n) is 10.4. The van der Waals surface area contributed by atoms with E-state index in [0.717, 1.165) is 17.9 Å². The van der Waals surface area contributed by atoms with E-state index in [2.05, 4.69) is 44.0 Å². The van der Waals surface area contributed by atoms with Gasteiger partial charge in [0.05, 0.1) is 5.69 Å². The summed E-state index contributed by atoms with van der Waals surface area (Å²) in [6, 6.07) is 6.11. The Morgan fingerprint density at radius 1 is 1.38 bits per heavy atom. The summed E-state index contributed by atoms with van der Waals surface area (Å²) in [4.78, 5) is 2.32. The molecule has 1 aliphatic rings. The van der Waals surface area contributed by atoms with E-state index in [0.29, 0.717) is 11.8 Å². The van der Waals surface area contributed by atoms with Gasteiger partial charge in [-0.3, -0.25) is 0 Å². The van der Waals surface area contributed by atoms with Crippen LogP contribution >= 0.6 is 0 Å². The molecule has 16 heavy (non-hydrogen) atoms. The van der Waals surface area contributed by atoms with Crippen LogP contribution in [-0.4, -0.2) is 23.2 Å². The van der Waals surface area contributed by atoms with Gasteiger partial charge in [0.1, 0.15) is 11.4 Å². The highest BCUT2D eigenvalue weighted by atomic mass is 16.3. The second-order valence-corrected chi connectivity index (χ2v) is 5.40. The molecule has 0 aliphatic carbocycles. The molecule has 0 saturated carbocycles. The molecule has 2 rings (SSSR count). The maximum Gasteiger partial charge on any atom is 0.140 e. The minimum Gasteiger partial charge on any atom is -0.506 e. The second kappa shape index (κ2) is 3.58. The first-order chi connectivity index (χ1) is 7.41. The molecular weight excluding hydrogens is 200 g/mol. The molecule has 0 atom stereocenters. The molecule has 3 heteroatoms. The number of fused-ring (bicyclic) bond motifs is 1. The third-order valence-corrected chi connectivity index (χ3v) is 2.98. The van der Waals surface area contributed by atoms with Crippen molar-refractivity contribution >= 4 is 11.4 Å². The highest BCUT2D eigenvalue weighted by Crippen LogP contribution is 2.41. The predicted molar refractivity (Wildman–Crippen MR) is 68.3 cm³/mol. The maximum atomic E-state index is 9.90. The van der Waals surface area contributed by atoms with Gasteiger partial charge in [-0.2, -0.15) is 0 Å². The Labute approximate surface area is 97.1 Å². The molecule has 1 aliphatic heterocycles. The van der Waals surface area contributed by atoms with Crippen LogP contribution in [0, 0.1) is 0 Å². The van der Waals surface area contributed by atoms with Crippen LogP contribution in [0.25, 0.3) is 0 Å². The summed E-state index contributed by atoms with van der Waals surface area (Å²) in [5, 5.41) is 13.3. The minimum absolute atomic E-state index is 0.0178. The van der Waals surface area contributed by atoms with Gasteiger partial charge in [0.2, 0.25) is 0 Å². The highest BCUT2D eigenvalue weighted by molar-refractivity contribution is 5.79. The molecule has 1 heterocycles. The second-order valence-electron chi connectivity index (χ2n) is 5.40. The van der Waals surface area contributed by atoms with E-state index in [4.69, 9.17) is 0 Å². The van der Waals surface area contributed by atoms with Gasteiger partial charge in [0.15, 0.2) is 0 Å². The molecule has 0 saturated heterocycles. The van der Waals surface area contributed by atoms with E-state index in [1.807, 2.05) is 6.07 Å².